The number of aryl methyl sites for hydroxylation is 2. The molecule has 0 bridgehead atoms. The Kier molecular flexibility index (Phi) is 3.77. The lowest BCUT2D eigenvalue weighted by molar-refractivity contribution is -0.679. The third-order valence-electron chi connectivity index (χ3n) is 4.97. The molecule has 0 spiro atoms. The SMILES string of the molecule is Cn1cc[n+]([B-](c2ccccc2)(c2ccccc2)[n+]2ccn(C)c2)c1. The first-order valence-corrected chi connectivity index (χ1v) is 8.54. The van der Waals surface area contributed by atoms with E-state index in [0.717, 1.165) is 0 Å². The van der Waals surface area contributed by atoms with Gasteiger partial charge in [0.2, 0.25) is 0 Å². The van der Waals surface area contributed by atoms with E-state index in [1.165, 1.54) is 10.9 Å². The average molecular weight is 329 g/mol. The fourth-order valence-corrected chi connectivity index (χ4v) is 3.86. The molecule has 0 aliphatic rings. The van der Waals surface area contributed by atoms with Crippen LogP contribution in [-0.2, 0) is 14.1 Å². The Balaban J connectivity index is 2.12. The lowest BCUT2D eigenvalue weighted by Crippen LogP contribution is -2.92. The molecular formula is C20H22BN4+. The topological polar surface area (TPSA) is 17.6 Å². The lowest BCUT2D eigenvalue weighted by atomic mass is 9.36. The van der Waals surface area contributed by atoms with Gasteiger partial charge in [-0.25, -0.2) is 9.13 Å². The van der Waals surface area contributed by atoms with Crippen molar-refractivity contribution < 1.29 is 8.96 Å². The van der Waals surface area contributed by atoms with Crippen LogP contribution in [0.2, 0.25) is 0 Å². The van der Waals surface area contributed by atoms with Crippen molar-refractivity contribution in [2.45, 2.75) is 0 Å². The van der Waals surface area contributed by atoms with Crippen molar-refractivity contribution >= 4 is 17.3 Å². The largest absolute Gasteiger partial charge is 0.437 e. The van der Waals surface area contributed by atoms with Gasteiger partial charge < -0.3 is 8.96 Å². The highest BCUT2D eigenvalue weighted by Crippen LogP contribution is 2.01. The number of nitrogens with zero attached hydrogens (tertiary/aromatic N) is 4. The molecule has 0 aliphatic heterocycles. The van der Waals surface area contributed by atoms with Crippen molar-refractivity contribution in [1.29, 1.82) is 0 Å². The molecule has 2 heterocycles. The van der Waals surface area contributed by atoms with E-state index in [1.807, 2.05) is 0 Å². The third kappa shape index (κ3) is 2.48. The molecule has 0 aliphatic carbocycles. The summed E-state index contributed by atoms with van der Waals surface area (Å²) in [6, 6.07) is 21.5. The van der Waals surface area contributed by atoms with Crippen molar-refractivity contribution in [2.24, 2.45) is 14.1 Å². The predicted octanol–water partition coefficient (Wildman–Crippen LogP) is 0.592. The molecule has 0 N–H and O–H groups in total. The van der Waals surface area contributed by atoms with Gasteiger partial charge in [0, 0.05) is 0 Å². The second-order valence-corrected chi connectivity index (χ2v) is 6.65. The van der Waals surface area contributed by atoms with Crippen molar-refractivity contribution in [3.05, 3.63) is 98.1 Å². The molecule has 124 valence electrons. The maximum Gasteiger partial charge on any atom is 0.437 e. The summed E-state index contributed by atoms with van der Waals surface area (Å²) in [6.45, 7) is 0. The Morgan fingerprint density at radius 1 is 0.640 bits per heavy atom. The Hall–Kier alpha value is -3.08. The second kappa shape index (κ2) is 6.09. The number of hydrogen-bond acceptors (Lipinski definition) is 0. The normalized spacial score (nSPS) is 11.6. The number of benzene rings is 2. The molecule has 2 aromatic heterocycles. The predicted molar refractivity (Wildman–Crippen MR) is 99.9 cm³/mol. The monoisotopic (exact) mass is 329 g/mol. The highest BCUT2D eigenvalue weighted by molar-refractivity contribution is 6.89. The Labute approximate surface area is 148 Å². The molecule has 0 saturated heterocycles. The maximum absolute atomic E-state index is 2.32. The summed E-state index contributed by atoms with van der Waals surface area (Å²) in [7, 11) is 4.12. The van der Waals surface area contributed by atoms with E-state index < -0.39 is 6.42 Å². The van der Waals surface area contributed by atoms with Crippen LogP contribution in [0.1, 0.15) is 0 Å². The zero-order valence-corrected chi connectivity index (χ0v) is 14.6. The van der Waals surface area contributed by atoms with Gasteiger partial charge in [0.25, 0.3) is 0 Å². The van der Waals surface area contributed by atoms with Gasteiger partial charge in [-0.2, -0.15) is 0 Å². The van der Waals surface area contributed by atoms with Gasteiger partial charge in [0.1, 0.15) is 12.4 Å². The van der Waals surface area contributed by atoms with Gasteiger partial charge in [-0.05, 0) is 0 Å². The first kappa shape index (κ1) is 15.5. The van der Waals surface area contributed by atoms with E-state index in [1.54, 1.807) is 0 Å². The van der Waals surface area contributed by atoms with Crippen LogP contribution in [0.25, 0.3) is 0 Å². The van der Waals surface area contributed by atoms with Crippen molar-refractivity contribution in [3.8, 4) is 0 Å². The standard InChI is InChI=1S/C20H22BN4/c1-22-13-15-24(17-22)21(19-9-5-3-6-10-19,20-11-7-4-8-12-20)25-16-14-23(2)18-25/h3-18H,1-2H3/q+1. The van der Waals surface area contributed by atoms with E-state index in [0.29, 0.717) is 0 Å². The van der Waals surface area contributed by atoms with Crippen LogP contribution in [0, 0.1) is 0 Å². The molecule has 4 nitrogen and oxygen atoms in total. The fourth-order valence-electron chi connectivity index (χ4n) is 3.86. The van der Waals surface area contributed by atoms with E-state index in [-0.39, 0.29) is 0 Å². The molecule has 5 heteroatoms. The summed E-state index contributed by atoms with van der Waals surface area (Å²) in [4.78, 5) is 0. The number of rotatable bonds is 4. The average Bonchev–Trinajstić information content (AvgIpc) is 3.27. The molecule has 0 amide bonds. The van der Waals surface area contributed by atoms with Crippen LogP contribution >= 0.6 is 0 Å². The highest BCUT2D eigenvalue weighted by atomic mass is 15.2. The minimum absolute atomic E-state index is 1.26. The number of imidazole rings is 2. The van der Waals surface area contributed by atoms with Gasteiger partial charge in [-0.3, -0.25) is 0 Å². The summed E-state index contributed by atoms with van der Waals surface area (Å²) in [6.07, 6.45) is 11.4. The zero-order valence-electron chi connectivity index (χ0n) is 14.6. The van der Waals surface area contributed by atoms with E-state index in [2.05, 4.69) is 130 Å². The fraction of sp³-hybridized carbons (Fsp3) is 0.100. The quantitative estimate of drug-likeness (QED) is 0.488. The van der Waals surface area contributed by atoms with Crippen LogP contribution in [-0.4, -0.2) is 15.6 Å². The minimum atomic E-state index is -1.38. The van der Waals surface area contributed by atoms with Crippen LogP contribution in [0.5, 0.6) is 0 Å². The van der Waals surface area contributed by atoms with Gasteiger partial charge in [-0.15, -0.1) is 10.9 Å². The van der Waals surface area contributed by atoms with Gasteiger partial charge in [-0.1, -0.05) is 60.7 Å². The minimum Gasteiger partial charge on any atom is -0.385 e. The maximum atomic E-state index is 2.32. The molecule has 25 heavy (non-hydrogen) atoms. The first-order chi connectivity index (χ1) is 12.2. The molecular weight excluding hydrogens is 307 g/mol. The summed E-state index contributed by atoms with van der Waals surface area (Å²) < 4.78 is 8.83. The number of aromatic nitrogens is 4. The molecule has 0 saturated carbocycles. The van der Waals surface area contributed by atoms with Gasteiger partial charge in [0.05, 0.1) is 26.5 Å². The summed E-state index contributed by atoms with van der Waals surface area (Å²) in [5.41, 5.74) is 2.53. The van der Waals surface area contributed by atoms with Gasteiger partial charge in [0.15, 0.2) is 12.7 Å². The van der Waals surface area contributed by atoms with E-state index in [4.69, 9.17) is 0 Å². The Bertz CT molecular complexity index is 891. The van der Waals surface area contributed by atoms with E-state index >= 15 is 0 Å². The summed E-state index contributed by atoms with van der Waals surface area (Å²) in [5.74, 6) is 0. The molecule has 0 unspecified atom stereocenters. The molecule has 4 aromatic rings. The smallest absolute Gasteiger partial charge is 0.385 e. The molecule has 0 radical (unpaired) electrons. The molecule has 0 fully saturated rings. The van der Waals surface area contributed by atoms with Crippen molar-refractivity contribution in [2.75, 3.05) is 0 Å². The highest BCUT2D eigenvalue weighted by Gasteiger charge is 2.44. The first-order valence-electron chi connectivity index (χ1n) is 8.54. The van der Waals surface area contributed by atoms with Crippen LogP contribution < -0.4 is 19.9 Å². The van der Waals surface area contributed by atoms with Crippen LogP contribution in [0.4, 0.5) is 0 Å². The van der Waals surface area contributed by atoms with Crippen LogP contribution in [0.3, 0.4) is 0 Å². The summed E-state index contributed by atoms with van der Waals surface area (Å²) in [5, 5.41) is 0. The number of hydrogen-bond donors (Lipinski definition) is 0. The molecule has 0 atom stereocenters. The second-order valence-electron chi connectivity index (χ2n) is 6.65. The lowest BCUT2D eigenvalue weighted by Gasteiger charge is -2.34. The zero-order chi connectivity index (χ0) is 17.3. The third-order valence-corrected chi connectivity index (χ3v) is 4.97. The molecule has 4 rings (SSSR count). The van der Waals surface area contributed by atoms with E-state index in [9.17, 15) is 0 Å². The Morgan fingerprint density at radius 3 is 1.36 bits per heavy atom. The summed E-state index contributed by atoms with van der Waals surface area (Å²) >= 11 is 0. The Morgan fingerprint density at radius 2 is 1.04 bits per heavy atom. The van der Waals surface area contributed by atoms with Crippen molar-refractivity contribution in [3.63, 3.8) is 0 Å². The van der Waals surface area contributed by atoms with Crippen LogP contribution in [0.15, 0.2) is 98.1 Å². The molecule has 2 aromatic carbocycles. The van der Waals surface area contributed by atoms with Gasteiger partial charge >= 0.3 is 6.42 Å². The van der Waals surface area contributed by atoms with Crippen molar-refractivity contribution in [1.82, 2.24) is 9.13 Å².